The van der Waals surface area contributed by atoms with E-state index in [4.69, 9.17) is 0 Å². The van der Waals surface area contributed by atoms with Crippen molar-refractivity contribution in [2.24, 2.45) is 0 Å². The quantitative estimate of drug-likeness (QED) is 0.625. The standard InChI is InChI=1S/C19H19F3N2O2/c1-12(2)24(11-13-6-4-3-5-7-13)17(26)10-16(25)23-15-9-8-14(20)18(21)19(15)22/h3-9,12H,10-11H2,1-2H3,(H,23,25). The fraction of sp³-hybridized carbons (Fsp3) is 0.263. The van der Waals surface area contributed by atoms with Gasteiger partial charge in [-0.15, -0.1) is 0 Å². The summed E-state index contributed by atoms with van der Waals surface area (Å²) < 4.78 is 39.7. The van der Waals surface area contributed by atoms with Gasteiger partial charge < -0.3 is 10.2 Å². The van der Waals surface area contributed by atoms with E-state index in [1.807, 2.05) is 44.2 Å². The number of nitrogens with one attached hydrogen (secondary N) is 1. The second-order valence-corrected chi connectivity index (χ2v) is 6.05. The topological polar surface area (TPSA) is 49.4 Å². The van der Waals surface area contributed by atoms with Crippen LogP contribution in [0.2, 0.25) is 0 Å². The molecule has 2 aromatic rings. The van der Waals surface area contributed by atoms with Crippen molar-refractivity contribution in [3.05, 3.63) is 65.5 Å². The fourth-order valence-electron chi connectivity index (χ4n) is 2.39. The van der Waals surface area contributed by atoms with Crippen LogP contribution in [0, 0.1) is 17.5 Å². The maximum absolute atomic E-state index is 13.6. The molecule has 0 heterocycles. The number of carbonyl (C=O) groups excluding carboxylic acids is 2. The molecule has 0 saturated heterocycles. The highest BCUT2D eigenvalue weighted by atomic mass is 19.2. The van der Waals surface area contributed by atoms with Crippen LogP contribution in [0.15, 0.2) is 42.5 Å². The lowest BCUT2D eigenvalue weighted by Crippen LogP contribution is -2.38. The second kappa shape index (κ2) is 8.51. The summed E-state index contributed by atoms with van der Waals surface area (Å²) >= 11 is 0. The summed E-state index contributed by atoms with van der Waals surface area (Å²) in [6, 6.07) is 10.7. The van der Waals surface area contributed by atoms with E-state index < -0.39 is 41.4 Å². The third kappa shape index (κ3) is 4.84. The van der Waals surface area contributed by atoms with Crippen LogP contribution >= 0.6 is 0 Å². The number of nitrogens with zero attached hydrogens (tertiary/aromatic N) is 1. The molecular weight excluding hydrogens is 345 g/mol. The first-order chi connectivity index (χ1) is 12.3. The van der Waals surface area contributed by atoms with Gasteiger partial charge in [-0.25, -0.2) is 13.2 Å². The van der Waals surface area contributed by atoms with Gasteiger partial charge in [0, 0.05) is 12.6 Å². The number of anilines is 1. The molecule has 138 valence electrons. The Labute approximate surface area is 149 Å². The van der Waals surface area contributed by atoms with Crippen molar-refractivity contribution in [2.75, 3.05) is 5.32 Å². The molecule has 0 aliphatic carbocycles. The van der Waals surface area contributed by atoms with Crippen LogP contribution in [0.4, 0.5) is 18.9 Å². The Kier molecular flexibility index (Phi) is 6.38. The highest BCUT2D eigenvalue weighted by molar-refractivity contribution is 6.03. The molecule has 0 spiro atoms. The van der Waals surface area contributed by atoms with E-state index >= 15 is 0 Å². The summed E-state index contributed by atoms with van der Waals surface area (Å²) in [5.41, 5.74) is 0.391. The average molecular weight is 364 g/mol. The minimum atomic E-state index is -1.68. The van der Waals surface area contributed by atoms with Gasteiger partial charge in [0.15, 0.2) is 17.5 Å². The molecule has 1 N–H and O–H groups in total. The minimum absolute atomic E-state index is 0.157. The van der Waals surface area contributed by atoms with Crippen LogP contribution in [0.5, 0.6) is 0 Å². The Balaban J connectivity index is 2.04. The summed E-state index contributed by atoms with van der Waals surface area (Å²) in [4.78, 5) is 26.0. The lowest BCUT2D eigenvalue weighted by molar-refractivity contribution is -0.136. The van der Waals surface area contributed by atoms with Gasteiger partial charge >= 0.3 is 0 Å². The van der Waals surface area contributed by atoms with Gasteiger partial charge in [0.2, 0.25) is 11.8 Å². The van der Waals surface area contributed by atoms with Gasteiger partial charge in [0.25, 0.3) is 0 Å². The monoisotopic (exact) mass is 364 g/mol. The summed E-state index contributed by atoms with van der Waals surface area (Å²) in [5.74, 6) is -5.80. The number of hydrogen-bond acceptors (Lipinski definition) is 2. The van der Waals surface area contributed by atoms with Crippen LogP contribution in [-0.4, -0.2) is 22.8 Å². The highest BCUT2D eigenvalue weighted by Gasteiger charge is 2.22. The molecule has 2 rings (SSSR count). The van der Waals surface area contributed by atoms with E-state index in [1.165, 1.54) is 4.90 Å². The first-order valence-corrected chi connectivity index (χ1v) is 8.06. The third-order valence-electron chi connectivity index (χ3n) is 3.76. The lowest BCUT2D eigenvalue weighted by atomic mass is 10.1. The van der Waals surface area contributed by atoms with Gasteiger partial charge in [0.05, 0.1) is 5.69 Å². The van der Waals surface area contributed by atoms with Crippen LogP contribution in [0.1, 0.15) is 25.8 Å². The molecule has 26 heavy (non-hydrogen) atoms. The zero-order valence-electron chi connectivity index (χ0n) is 14.4. The third-order valence-corrected chi connectivity index (χ3v) is 3.76. The Bertz CT molecular complexity index is 795. The zero-order valence-corrected chi connectivity index (χ0v) is 14.4. The van der Waals surface area contributed by atoms with Crippen molar-refractivity contribution in [1.82, 2.24) is 4.90 Å². The van der Waals surface area contributed by atoms with Crippen molar-refractivity contribution in [1.29, 1.82) is 0 Å². The van der Waals surface area contributed by atoms with E-state index in [9.17, 15) is 22.8 Å². The molecule has 0 saturated carbocycles. The normalized spacial score (nSPS) is 10.7. The predicted octanol–water partition coefficient (Wildman–Crippen LogP) is 3.87. The maximum Gasteiger partial charge on any atom is 0.233 e. The molecule has 2 aromatic carbocycles. The van der Waals surface area contributed by atoms with Crippen LogP contribution in [0.25, 0.3) is 0 Å². The molecule has 0 unspecified atom stereocenters. The van der Waals surface area contributed by atoms with Gasteiger partial charge in [-0.2, -0.15) is 0 Å². The predicted molar refractivity (Wildman–Crippen MR) is 91.7 cm³/mol. The van der Waals surface area contributed by atoms with Crippen LogP contribution in [0.3, 0.4) is 0 Å². The van der Waals surface area contributed by atoms with Crippen molar-refractivity contribution in [3.63, 3.8) is 0 Å². The van der Waals surface area contributed by atoms with Crippen molar-refractivity contribution in [2.45, 2.75) is 32.9 Å². The molecule has 0 bridgehead atoms. The largest absolute Gasteiger partial charge is 0.336 e. The highest BCUT2D eigenvalue weighted by Crippen LogP contribution is 2.20. The molecule has 4 nitrogen and oxygen atoms in total. The number of hydrogen-bond donors (Lipinski definition) is 1. The molecule has 7 heteroatoms. The Morgan fingerprint density at radius 2 is 1.65 bits per heavy atom. The number of carbonyl (C=O) groups is 2. The van der Waals surface area contributed by atoms with Crippen molar-refractivity contribution < 1.29 is 22.8 Å². The number of rotatable bonds is 6. The molecule has 0 aliphatic rings. The van der Waals surface area contributed by atoms with Gasteiger partial charge in [-0.1, -0.05) is 30.3 Å². The van der Waals surface area contributed by atoms with E-state index in [0.717, 1.165) is 11.6 Å². The maximum atomic E-state index is 13.6. The van der Waals surface area contributed by atoms with Crippen molar-refractivity contribution in [3.8, 4) is 0 Å². The first kappa shape index (κ1) is 19.5. The van der Waals surface area contributed by atoms with Crippen LogP contribution < -0.4 is 5.32 Å². The summed E-state index contributed by atoms with van der Waals surface area (Å²) in [6.07, 6.45) is -0.538. The Morgan fingerprint density at radius 1 is 1.00 bits per heavy atom. The molecule has 0 radical (unpaired) electrons. The van der Waals surface area contributed by atoms with E-state index in [0.29, 0.717) is 12.6 Å². The van der Waals surface area contributed by atoms with Gasteiger partial charge in [-0.05, 0) is 31.5 Å². The smallest absolute Gasteiger partial charge is 0.233 e. The summed E-state index contributed by atoms with van der Waals surface area (Å²) in [5, 5.41) is 2.10. The number of amides is 2. The van der Waals surface area contributed by atoms with Gasteiger partial charge in [0.1, 0.15) is 6.42 Å². The first-order valence-electron chi connectivity index (χ1n) is 8.06. The fourth-order valence-corrected chi connectivity index (χ4v) is 2.39. The van der Waals surface area contributed by atoms with Gasteiger partial charge in [-0.3, -0.25) is 9.59 Å². The molecule has 0 aliphatic heterocycles. The Morgan fingerprint density at radius 3 is 2.27 bits per heavy atom. The minimum Gasteiger partial charge on any atom is -0.336 e. The Hall–Kier alpha value is -2.83. The van der Waals surface area contributed by atoms with E-state index in [-0.39, 0.29) is 6.04 Å². The number of benzene rings is 2. The summed E-state index contributed by atoms with van der Waals surface area (Å²) in [7, 11) is 0. The average Bonchev–Trinajstić information content (AvgIpc) is 2.60. The molecule has 0 aromatic heterocycles. The molecular formula is C19H19F3N2O2. The summed E-state index contributed by atoms with van der Waals surface area (Å²) in [6.45, 7) is 3.95. The van der Waals surface area contributed by atoms with Crippen LogP contribution in [-0.2, 0) is 16.1 Å². The lowest BCUT2D eigenvalue weighted by Gasteiger charge is -2.26. The zero-order chi connectivity index (χ0) is 19.3. The molecule has 0 atom stereocenters. The van der Waals surface area contributed by atoms with E-state index in [1.54, 1.807) is 0 Å². The van der Waals surface area contributed by atoms with E-state index in [2.05, 4.69) is 5.32 Å². The SMILES string of the molecule is CC(C)N(Cc1ccccc1)C(=O)CC(=O)Nc1ccc(F)c(F)c1F. The number of halogens is 3. The molecule has 0 fully saturated rings. The van der Waals surface area contributed by atoms with Crippen molar-refractivity contribution >= 4 is 17.5 Å². The second-order valence-electron chi connectivity index (χ2n) is 6.05. The molecule has 2 amide bonds.